The molecule has 2 heterocycles. The van der Waals surface area contributed by atoms with Gasteiger partial charge in [-0.1, -0.05) is 48.9 Å². The number of amides is 2. The van der Waals surface area contributed by atoms with Crippen LogP contribution in [0.4, 0.5) is 0 Å². The Balaban J connectivity index is 1.71. The quantitative estimate of drug-likeness (QED) is 0.609. The van der Waals surface area contributed by atoms with Crippen molar-refractivity contribution in [3.05, 3.63) is 64.9 Å². The van der Waals surface area contributed by atoms with Crippen LogP contribution in [0.1, 0.15) is 30.4 Å². The number of carboxylic acid groups (broad SMARTS) is 1. The van der Waals surface area contributed by atoms with E-state index < -0.39 is 29.7 Å². The van der Waals surface area contributed by atoms with Crippen LogP contribution >= 0.6 is 11.6 Å². The second-order valence-electron chi connectivity index (χ2n) is 6.70. The van der Waals surface area contributed by atoms with Gasteiger partial charge in [0, 0.05) is 12.6 Å². The van der Waals surface area contributed by atoms with Crippen LogP contribution < -0.4 is 0 Å². The molecule has 0 saturated carbocycles. The molecule has 27 heavy (non-hydrogen) atoms. The van der Waals surface area contributed by atoms with Crippen LogP contribution in [0.5, 0.6) is 0 Å². The molecule has 0 radical (unpaired) electrons. The van der Waals surface area contributed by atoms with Gasteiger partial charge < -0.3 is 5.11 Å². The lowest BCUT2D eigenvalue weighted by Crippen LogP contribution is -2.66. The lowest BCUT2D eigenvalue weighted by atomic mass is 9.81. The number of aliphatic carboxylic acids is 1. The summed E-state index contributed by atoms with van der Waals surface area (Å²) in [6.45, 7) is 1.88. The lowest BCUT2D eigenvalue weighted by molar-refractivity contribution is -0.177. The lowest BCUT2D eigenvalue weighted by Gasteiger charge is -2.43. The predicted molar refractivity (Wildman–Crippen MR) is 99.2 cm³/mol. The molecular weight excluding hydrogens is 368 g/mol. The van der Waals surface area contributed by atoms with Crippen molar-refractivity contribution in [1.82, 2.24) is 9.88 Å². The maximum Gasteiger partial charge on any atom is 0.327 e. The van der Waals surface area contributed by atoms with Crippen LogP contribution in [0.15, 0.2) is 48.7 Å². The van der Waals surface area contributed by atoms with Gasteiger partial charge in [-0.15, -0.1) is 0 Å². The van der Waals surface area contributed by atoms with Gasteiger partial charge in [-0.3, -0.25) is 14.5 Å². The molecule has 1 aliphatic heterocycles. The monoisotopic (exact) mass is 386 g/mol. The molecule has 0 bridgehead atoms. The van der Waals surface area contributed by atoms with Crippen molar-refractivity contribution < 1.29 is 19.5 Å². The first-order valence-corrected chi connectivity index (χ1v) is 9.00. The van der Waals surface area contributed by atoms with E-state index in [4.69, 9.17) is 11.6 Å². The highest BCUT2D eigenvalue weighted by Gasteiger charge is 2.54. The van der Waals surface area contributed by atoms with Gasteiger partial charge in [0.05, 0.1) is 5.92 Å². The van der Waals surface area contributed by atoms with Gasteiger partial charge >= 0.3 is 5.97 Å². The van der Waals surface area contributed by atoms with Gasteiger partial charge in [-0.2, -0.15) is 0 Å². The van der Waals surface area contributed by atoms with Crippen LogP contribution in [0, 0.1) is 5.92 Å². The minimum Gasteiger partial charge on any atom is -0.480 e. The topological polar surface area (TPSA) is 87.6 Å². The highest BCUT2D eigenvalue weighted by Crippen LogP contribution is 2.33. The second kappa shape index (κ2) is 7.88. The minimum atomic E-state index is -1.18. The molecule has 0 unspecified atom stereocenters. The van der Waals surface area contributed by atoms with Crippen LogP contribution in [-0.2, 0) is 20.8 Å². The molecule has 3 rings (SSSR count). The number of hydrogen-bond donors (Lipinski definition) is 1. The van der Waals surface area contributed by atoms with Gasteiger partial charge in [0.1, 0.15) is 11.2 Å². The molecule has 6 nitrogen and oxygen atoms in total. The van der Waals surface area contributed by atoms with Gasteiger partial charge in [-0.05, 0) is 35.6 Å². The van der Waals surface area contributed by atoms with E-state index in [-0.39, 0.29) is 23.9 Å². The molecule has 2 aromatic rings. The summed E-state index contributed by atoms with van der Waals surface area (Å²) in [7, 11) is 0. The number of hydrogen-bond acceptors (Lipinski definition) is 4. The van der Waals surface area contributed by atoms with E-state index in [1.165, 1.54) is 6.20 Å². The third-order valence-corrected chi connectivity index (χ3v) is 5.04. The SMILES string of the molecule is C[C@@H](CC(=O)N1C(=O)[C@H](Cc2ccnc(Cl)c2)[C@H]1C(=O)O)c1ccccc1. The molecule has 2 amide bonds. The number of imide groups is 1. The van der Waals surface area contributed by atoms with E-state index in [2.05, 4.69) is 4.98 Å². The average molecular weight is 387 g/mol. The minimum absolute atomic E-state index is 0.0767. The van der Waals surface area contributed by atoms with E-state index >= 15 is 0 Å². The average Bonchev–Trinajstić information content (AvgIpc) is 2.64. The second-order valence-corrected chi connectivity index (χ2v) is 7.09. The molecule has 1 fully saturated rings. The first-order chi connectivity index (χ1) is 12.9. The zero-order valence-corrected chi connectivity index (χ0v) is 15.5. The van der Waals surface area contributed by atoms with Crippen molar-refractivity contribution in [2.45, 2.75) is 31.7 Å². The summed E-state index contributed by atoms with van der Waals surface area (Å²) < 4.78 is 0. The molecule has 0 spiro atoms. The van der Waals surface area contributed by atoms with Crippen LogP contribution in [0.3, 0.4) is 0 Å². The highest BCUT2D eigenvalue weighted by atomic mass is 35.5. The fourth-order valence-electron chi connectivity index (χ4n) is 3.39. The molecule has 1 aromatic carbocycles. The number of likely N-dealkylation sites (tertiary alicyclic amines) is 1. The maximum atomic E-state index is 12.6. The Bertz CT molecular complexity index is 871. The largest absolute Gasteiger partial charge is 0.480 e. The fraction of sp³-hybridized carbons (Fsp3) is 0.300. The number of nitrogens with zero attached hydrogens (tertiary/aromatic N) is 2. The number of carbonyl (C=O) groups excluding carboxylic acids is 2. The van der Waals surface area contributed by atoms with Gasteiger partial charge in [0.25, 0.3) is 0 Å². The summed E-state index contributed by atoms with van der Waals surface area (Å²) in [5, 5.41) is 9.81. The summed E-state index contributed by atoms with van der Waals surface area (Å²) in [6.07, 6.45) is 1.78. The molecule has 3 atom stereocenters. The maximum absolute atomic E-state index is 12.6. The zero-order chi connectivity index (χ0) is 19.6. The van der Waals surface area contributed by atoms with Crippen molar-refractivity contribution >= 4 is 29.4 Å². The van der Waals surface area contributed by atoms with Crippen LogP contribution in [-0.4, -0.2) is 38.8 Å². The first-order valence-electron chi connectivity index (χ1n) is 8.62. The number of pyridine rings is 1. The molecule has 1 aromatic heterocycles. The fourth-order valence-corrected chi connectivity index (χ4v) is 3.59. The molecule has 140 valence electrons. The van der Waals surface area contributed by atoms with E-state index in [1.54, 1.807) is 12.1 Å². The molecule has 0 aliphatic carbocycles. The van der Waals surface area contributed by atoms with Crippen molar-refractivity contribution in [3.8, 4) is 0 Å². The Morgan fingerprint density at radius 2 is 1.96 bits per heavy atom. The van der Waals surface area contributed by atoms with Gasteiger partial charge in [0.15, 0.2) is 0 Å². The normalized spacial score (nSPS) is 20.1. The van der Waals surface area contributed by atoms with Crippen LogP contribution in [0.25, 0.3) is 0 Å². The standard InChI is InChI=1S/C20H19ClN2O4/c1-12(14-5-3-2-4-6-14)9-17(24)23-18(20(26)27)15(19(23)25)10-13-7-8-22-16(21)11-13/h2-8,11-12,15,18H,9-10H2,1H3,(H,26,27)/t12-,15+,18-/m0/s1. The summed E-state index contributed by atoms with van der Waals surface area (Å²) in [5.41, 5.74) is 1.68. The number of rotatable bonds is 6. The Morgan fingerprint density at radius 3 is 2.59 bits per heavy atom. The van der Waals surface area contributed by atoms with Crippen molar-refractivity contribution in [2.75, 3.05) is 0 Å². The number of aromatic nitrogens is 1. The number of benzene rings is 1. The molecular formula is C20H19ClN2O4. The number of carboxylic acids is 1. The van der Waals surface area contributed by atoms with Gasteiger partial charge in [-0.25, -0.2) is 9.78 Å². The Labute approximate surface area is 161 Å². The van der Waals surface area contributed by atoms with Crippen molar-refractivity contribution in [2.24, 2.45) is 5.92 Å². The molecule has 1 N–H and O–H groups in total. The number of carbonyl (C=O) groups is 3. The van der Waals surface area contributed by atoms with Gasteiger partial charge in [0.2, 0.25) is 11.8 Å². The van der Waals surface area contributed by atoms with E-state index in [9.17, 15) is 19.5 Å². The first kappa shape index (κ1) is 19.0. The summed E-state index contributed by atoms with van der Waals surface area (Å²) in [5.74, 6) is -3.00. The Hall–Kier alpha value is -2.73. The summed E-state index contributed by atoms with van der Waals surface area (Å²) in [6, 6.07) is 11.6. The van der Waals surface area contributed by atoms with Crippen LogP contribution in [0.2, 0.25) is 5.15 Å². The highest BCUT2D eigenvalue weighted by molar-refractivity contribution is 6.29. The van der Waals surface area contributed by atoms with Crippen molar-refractivity contribution in [3.63, 3.8) is 0 Å². The summed E-state index contributed by atoms with van der Waals surface area (Å²) >= 11 is 5.84. The smallest absolute Gasteiger partial charge is 0.327 e. The van der Waals surface area contributed by atoms with Crippen molar-refractivity contribution in [1.29, 1.82) is 0 Å². The molecule has 1 saturated heterocycles. The van der Waals surface area contributed by atoms with E-state index in [1.807, 2.05) is 37.3 Å². The third kappa shape index (κ3) is 4.01. The third-order valence-electron chi connectivity index (χ3n) is 4.83. The Kier molecular flexibility index (Phi) is 5.56. The zero-order valence-electron chi connectivity index (χ0n) is 14.7. The van der Waals surface area contributed by atoms with E-state index in [0.29, 0.717) is 5.56 Å². The number of halogens is 1. The summed E-state index contributed by atoms with van der Waals surface area (Å²) in [4.78, 5) is 41.5. The molecule has 1 aliphatic rings. The Morgan fingerprint density at radius 1 is 1.26 bits per heavy atom. The number of β-lactam (4-membered cyclic amide) rings is 1. The molecule has 7 heteroatoms. The van der Waals surface area contributed by atoms with E-state index in [0.717, 1.165) is 10.5 Å². The predicted octanol–water partition coefficient (Wildman–Crippen LogP) is 2.91.